The van der Waals surface area contributed by atoms with Crippen molar-refractivity contribution in [3.05, 3.63) is 32.5 Å². The van der Waals surface area contributed by atoms with Crippen LogP contribution in [0.3, 0.4) is 0 Å². The molecular weight excluding hydrogens is 442 g/mol. The molecule has 8 nitrogen and oxygen atoms in total. The number of pyridine rings is 1. The minimum atomic E-state index is -0.995. The predicted octanol–water partition coefficient (Wildman–Crippen LogP) is 3.44. The summed E-state index contributed by atoms with van der Waals surface area (Å²) in [6, 6.07) is 3.61. The van der Waals surface area contributed by atoms with Crippen LogP contribution in [0.15, 0.2) is 21.4 Å². The number of aromatic hydroxyl groups is 1. The Bertz CT molecular complexity index is 1070. The number of rotatable bonds is 3. The van der Waals surface area contributed by atoms with Gasteiger partial charge in [0.15, 0.2) is 11.4 Å². The summed E-state index contributed by atoms with van der Waals surface area (Å²) in [6.45, 7) is 2.44. The molecule has 3 N–H and O–H groups in total. The van der Waals surface area contributed by atoms with Gasteiger partial charge in [0, 0.05) is 34.9 Å². The highest BCUT2D eigenvalue weighted by molar-refractivity contribution is 9.10. The number of nitrogens with zero attached hydrogens (tertiary/aromatic N) is 2. The van der Waals surface area contributed by atoms with E-state index in [9.17, 15) is 19.5 Å². The Balaban J connectivity index is 1.70. The van der Waals surface area contributed by atoms with E-state index in [0.717, 1.165) is 22.9 Å². The lowest BCUT2D eigenvalue weighted by molar-refractivity contribution is -0.121. The third-order valence-electron chi connectivity index (χ3n) is 5.83. The normalized spacial score (nSPS) is 17.5. The van der Waals surface area contributed by atoms with Gasteiger partial charge in [0.1, 0.15) is 0 Å². The summed E-state index contributed by atoms with van der Waals surface area (Å²) in [4.78, 5) is 38.3. The Kier molecular flexibility index (Phi) is 5.02. The molecule has 0 radical (unpaired) electrons. The number of likely N-dealkylation sites (tertiary alicyclic amines) is 1. The molecule has 2 aromatic rings. The fourth-order valence-electron chi connectivity index (χ4n) is 3.99. The van der Waals surface area contributed by atoms with Crippen molar-refractivity contribution in [3.8, 4) is 5.75 Å². The van der Waals surface area contributed by atoms with Crippen LogP contribution in [-0.2, 0) is 4.79 Å². The summed E-state index contributed by atoms with van der Waals surface area (Å²) in [5.41, 5.74) is 1.03. The van der Waals surface area contributed by atoms with Crippen molar-refractivity contribution in [2.45, 2.75) is 38.6 Å². The van der Waals surface area contributed by atoms with Crippen LogP contribution >= 0.6 is 15.9 Å². The molecule has 1 aromatic heterocycles. The molecular formula is C20H22BrN3O5. The Morgan fingerprint density at radius 1 is 1.17 bits per heavy atom. The van der Waals surface area contributed by atoms with Gasteiger partial charge in [0.2, 0.25) is 5.91 Å². The molecule has 0 bridgehead atoms. The van der Waals surface area contributed by atoms with Crippen LogP contribution in [0.2, 0.25) is 0 Å². The van der Waals surface area contributed by atoms with E-state index < -0.39 is 17.6 Å². The molecule has 29 heavy (non-hydrogen) atoms. The Morgan fingerprint density at radius 3 is 2.41 bits per heavy atom. The molecule has 1 aromatic carbocycles. The van der Waals surface area contributed by atoms with E-state index in [1.54, 1.807) is 10.6 Å². The topological polar surface area (TPSA) is 112 Å². The summed E-state index contributed by atoms with van der Waals surface area (Å²) in [6.07, 6.45) is 1.54. The van der Waals surface area contributed by atoms with Crippen LogP contribution in [0.5, 0.6) is 5.75 Å². The fraction of sp³-hybridized carbons (Fsp3) is 0.450. The number of hydrogen-bond donors (Lipinski definition) is 3. The maximum Gasteiger partial charge on any atom is 0.407 e. The smallest absolute Gasteiger partial charge is 0.407 e. The summed E-state index contributed by atoms with van der Waals surface area (Å²) in [5.74, 6) is -0.993. The van der Waals surface area contributed by atoms with Crippen molar-refractivity contribution in [1.82, 2.24) is 9.47 Å². The van der Waals surface area contributed by atoms with E-state index in [1.165, 1.54) is 4.90 Å². The van der Waals surface area contributed by atoms with E-state index in [2.05, 4.69) is 21.2 Å². The number of aromatic nitrogens is 1. The van der Waals surface area contributed by atoms with E-state index >= 15 is 0 Å². The minimum absolute atomic E-state index is 0.0630. The first kappa shape index (κ1) is 19.8. The van der Waals surface area contributed by atoms with Crippen LogP contribution in [-0.4, -0.2) is 44.8 Å². The Morgan fingerprint density at radius 2 is 1.83 bits per heavy atom. The number of fused-ring (bicyclic) bond motifs is 1. The number of amides is 2. The SMILES string of the molecule is Cc1c(Br)ccc2c(O)c(NC(=O)C3CCN(C(=O)O)CC3)c(=O)n(C3CC3)c12. The van der Waals surface area contributed by atoms with Crippen molar-refractivity contribution in [2.24, 2.45) is 5.92 Å². The number of hydrogen-bond acceptors (Lipinski definition) is 4. The zero-order chi connectivity index (χ0) is 20.9. The second kappa shape index (κ2) is 7.37. The molecule has 2 amide bonds. The number of piperidine rings is 1. The molecule has 154 valence electrons. The summed E-state index contributed by atoms with van der Waals surface area (Å²) >= 11 is 3.48. The van der Waals surface area contributed by atoms with Gasteiger partial charge >= 0.3 is 6.09 Å². The zero-order valence-corrected chi connectivity index (χ0v) is 17.5. The van der Waals surface area contributed by atoms with Crippen LogP contribution < -0.4 is 10.9 Å². The van der Waals surface area contributed by atoms with E-state index in [4.69, 9.17) is 5.11 Å². The molecule has 2 heterocycles. The molecule has 2 aliphatic rings. The van der Waals surface area contributed by atoms with Crippen molar-refractivity contribution in [3.63, 3.8) is 0 Å². The second-order valence-corrected chi connectivity index (χ2v) is 8.59. The van der Waals surface area contributed by atoms with Crippen LogP contribution in [0.1, 0.15) is 37.3 Å². The molecule has 1 aliphatic heterocycles. The van der Waals surface area contributed by atoms with Gasteiger partial charge in [0.05, 0.1) is 5.52 Å². The lowest BCUT2D eigenvalue weighted by atomic mass is 9.96. The number of anilines is 1. The number of carboxylic acid groups (broad SMARTS) is 1. The third-order valence-corrected chi connectivity index (χ3v) is 6.69. The quantitative estimate of drug-likeness (QED) is 0.645. The maximum atomic E-state index is 13.2. The average molecular weight is 464 g/mol. The van der Waals surface area contributed by atoms with Crippen LogP contribution in [0, 0.1) is 12.8 Å². The van der Waals surface area contributed by atoms with Gasteiger partial charge in [-0.3, -0.25) is 9.59 Å². The monoisotopic (exact) mass is 463 g/mol. The lowest BCUT2D eigenvalue weighted by Gasteiger charge is -2.29. The highest BCUT2D eigenvalue weighted by Gasteiger charge is 2.32. The predicted molar refractivity (Wildman–Crippen MR) is 112 cm³/mol. The summed E-state index contributed by atoms with van der Waals surface area (Å²) in [7, 11) is 0. The lowest BCUT2D eigenvalue weighted by Crippen LogP contribution is -2.41. The van der Waals surface area contributed by atoms with Crippen molar-refractivity contribution in [2.75, 3.05) is 18.4 Å². The van der Waals surface area contributed by atoms with E-state index in [1.807, 2.05) is 13.0 Å². The Hall–Kier alpha value is -2.55. The first-order valence-corrected chi connectivity index (χ1v) is 10.4. The second-order valence-electron chi connectivity index (χ2n) is 7.73. The number of halogens is 1. The zero-order valence-electron chi connectivity index (χ0n) is 15.9. The molecule has 1 aliphatic carbocycles. The fourth-order valence-corrected chi connectivity index (χ4v) is 4.31. The number of aryl methyl sites for hydroxylation is 1. The molecule has 0 spiro atoms. The number of carbonyl (C=O) groups is 2. The van der Waals surface area contributed by atoms with Crippen molar-refractivity contribution >= 4 is 44.5 Å². The molecule has 9 heteroatoms. The van der Waals surface area contributed by atoms with Crippen LogP contribution in [0.25, 0.3) is 10.9 Å². The first-order chi connectivity index (χ1) is 13.8. The summed E-state index contributed by atoms with van der Waals surface area (Å²) < 4.78 is 2.53. The van der Waals surface area contributed by atoms with Gasteiger partial charge < -0.3 is 25.0 Å². The molecule has 0 atom stereocenters. The largest absolute Gasteiger partial charge is 0.505 e. The molecule has 0 unspecified atom stereocenters. The molecule has 4 rings (SSSR count). The van der Waals surface area contributed by atoms with Gasteiger partial charge in [-0.25, -0.2) is 4.79 Å². The highest BCUT2D eigenvalue weighted by Crippen LogP contribution is 2.41. The third kappa shape index (κ3) is 3.48. The van der Waals surface area contributed by atoms with E-state index in [0.29, 0.717) is 23.7 Å². The summed E-state index contributed by atoms with van der Waals surface area (Å²) in [5, 5.41) is 23.0. The number of nitrogens with one attached hydrogen (secondary N) is 1. The molecule has 1 saturated heterocycles. The minimum Gasteiger partial charge on any atom is -0.505 e. The highest BCUT2D eigenvalue weighted by atomic mass is 79.9. The van der Waals surface area contributed by atoms with Gasteiger partial charge in [0.25, 0.3) is 5.56 Å². The van der Waals surface area contributed by atoms with Crippen LogP contribution in [0.4, 0.5) is 10.5 Å². The van der Waals surface area contributed by atoms with Crippen molar-refractivity contribution in [1.29, 1.82) is 0 Å². The van der Waals surface area contributed by atoms with Gasteiger partial charge in [-0.05, 0) is 50.3 Å². The average Bonchev–Trinajstić information content (AvgIpc) is 3.53. The van der Waals surface area contributed by atoms with E-state index in [-0.39, 0.29) is 36.5 Å². The van der Waals surface area contributed by atoms with Gasteiger partial charge in [-0.1, -0.05) is 15.9 Å². The maximum absolute atomic E-state index is 13.2. The molecule has 2 fully saturated rings. The number of carbonyl (C=O) groups excluding carboxylic acids is 1. The Labute approximate surface area is 175 Å². The first-order valence-electron chi connectivity index (χ1n) is 9.64. The van der Waals surface area contributed by atoms with Gasteiger partial charge in [-0.15, -0.1) is 0 Å². The number of benzene rings is 1. The standard InChI is InChI=1S/C20H22BrN3O5/c1-10-14(21)5-4-13-16(10)24(12-2-3-12)19(27)15(17(13)25)22-18(26)11-6-8-23(9-7-11)20(28)29/h4-5,11-12,25H,2-3,6-9H2,1H3,(H,22,26)(H,28,29). The molecule has 1 saturated carbocycles. The van der Waals surface area contributed by atoms with Gasteiger partial charge in [-0.2, -0.15) is 0 Å². The van der Waals surface area contributed by atoms with Crippen molar-refractivity contribution < 1.29 is 19.8 Å².